The first-order valence-corrected chi connectivity index (χ1v) is 9.72. The molecule has 0 saturated heterocycles. The van der Waals surface area contributed by atoms with E-state index in [0.29, 0.717) is 22.0 Å². The van der Waals surface area contributed by atoms with Crippen molar-refractivity contribution in [3.63, 3.8) is 0 Å². The number of nitrogens with zero attached hydrogens (tertiary/aromatic N) is 1. The third-order valence-electron chi connectivity index (χ3n) is 4.97. The first kappa shape index (κ1) is 19.9. The van der Waals surface area contributed by atoms with Gasteiger partial charge in [0, 0.05) is 10.7 Å². The lowest BCUT2D eigenvalue weighted by molar-refractivity contribution is -0.120. The van der Waals surface area contributed by atoms with Crippen LogP contribution in [-0.2, 0) is 9.59 Å². The van der Waals surface area contributed by atoms with E-state index in [-0.39, 0.29) is 11.3 Å². The molecule has 1 aliphatic rings. The van der Waals surface area contributed by atoms with Gasteiger partial charge in [-0.3, -0.25) is 9.59 Å². The van der Waals surface area contributed by atoms with Crippen molar-refractivity contribution in [3.05, 3.63) is 100.0 Å². The van der Waals surface area contributed by atoms with E-state index in [4.69, 9.17) is 11.6 Å². The van der Waals surface area contributed by atoms with Crippen molar-refractivity contribution in [2.45, 2.75) is 13.8 Å². The lowest BCUT2D eigenvalue weighted by Crippen LogP contribution is -2.32. The molecule has 6 heteroatoms. The molecule has 0 aliphatic carbocycles. The Morgan fingerprint density at radius 1 is 0.867 bits per heavy atom. The number of carbonyl (C=O) groups excluding carboxylic acids is 2. The Bertz CT molecular complexity index is 1180. The molecule has 0 radical (unpaired) electrons. The third-order valence-corrected chi connectivity index (χ3v) is 5.20. The van der Waals surface area contributed by atoms with Gasteiger partial charge < -0.3 is 5.32 Å². The van der Waals surface area contributed by atoms with Gasteiger partial charge >= 0.3 is 0 Å². The summed E-state index contributed by atoms with van der Waals surface area (Å²) in [6.07, 6.45) is 0. The van der Waals surface area contributed by atoms with Crippen LogP contribution in [-0.4, -0.2) is 11.8 Å². The maximum Gasteiger partial charge on any atom is 0.282 e. The summed E-state index contributed by atoms with van der Waals surface area (Å²) in [6.45, 7) is 3.80. The van der Waals surface area contributed by atoms with E-state index in [2.05, 4.69) is 5.32 Å². The summed E-state index contributed by atoms with van der Waals surface area (Å²) >= 11 is 6.12. The number of imide groups is 1. The Balaban J connectivity index is 1.84. The lowest BCUT2D eigenvalue weighted by atomic mass is 10.0. The highest BCUT2D eigenvalue weighted by molar-refractivity contribution is 6.46. The maximum atomic E-state index is 13.5. The van der Waals surface area contributed by atoms with Gasteiger partial charge in [0.1, 0.15) is 11.5 Å². The minimum absolute atomic E-state index is 0.123. The number of hydrogen-bond acceptors (Lipinski definition) is 3. The van der Waals surface area contributed by atoms with Gasteiger partial charge in [0.15, 0.2) is 0 Å². The van der Waals surface area contributed by atoms with Crippen molar-refractivity contribution in [3.8, 4) is 0 Å². The SMILES string of the molecule is Cc1ccc(N2C(=O)C(Nc3cc(Cl)ccc3C)=C(c3ccc(F)cc3)C2=O)cc1. The van der Waals surface area contributed by atoms with Crippen molar-refractivity contribution in [1.82, 2.24) is 0 Å². The van der Waals surface area contributed by atoms with E-state index in [1.807, 2.05) is 32.0 Å². The Hall–Kier alpha value is -3.44. The van der Waals surface area contributed by atoms with Crippen LogP contribution < -0.4 is 10.2 Å². The summed E-state index contributed by atoms with van der Waals surface area (Å²) in [5.41, 5.74) is 3.71. The zero-order valence-electron chi connectivity index (χ0n) is 16.4. The number of amides is 2. The number of nitrogens with one attached hydrogen (secondary N) is 1. The topological polar surface area (TPSA) is 49.4 Å². The molecule has 1 N–H and O–H groups in total. The fourth-order valence-electron chi connectivity index (χ4n) is 3.32. The predicted molar refractivity (Wildman–Crippen MR) is 117 cm³/mol. The third kappa shape index (κ3) is 3.60. The van der Waals surface area contributed by atoms with Gasteiger partial charge in [-0.1, -0.05) is 47.5 Å². The highest BCUT2D eigenvalue weighted by Gasteiger charge is 2.40. The first-order valence-electron chi connectivity index (χ1n) is 9.34. The summed E-state index contributed by atoms with van der Waals surface area (Å²) in [7, 11) is 0. The molecule has 0 unspecified atom stereocenters. The van der Waals surface area contributed by atoms with Gasteiger partial charge in [-0.15, -0.1) is 0 Å². The lowest BCUT2D eigenvalue weighted by Gasteiger charge is -2.16. The fourth-order valence-corrected chi connectivity index (χ4v) is 3.49. The molecule has 30 heavy (non-hydrogen) atoms. The van der Waals surface area contributed by atoms with E-state index in [1.54, 1.807) is 24.3 Å². The highest BCUT2D eigenvalue weighted by atomic mass is 35.5. The van der Waals surface area contributed by atoms with Gasteiger partial charge in [0.25, 0.3) is 11.8 Å². The number of halogens is 2. The Morgan fingerprint density at radius 3 is 2.20 bits per heavy atom. The molecule has 150 valence electrons. The minimum Gasteiger partial charge on any atom is -0.350 e. The van der Waals surface area contributed by atoms with Crippen LogP contribution >= 0.6 is 11.6 Å². The number of hydrogen-bond donors (Lipinski definition) is 1. The highest BCUT2D eigenvalue weighted by Crippen LogP contribution is 2.34. The zero-order valence-corrected chi connectivity index (χ0v) is 17.1. The standard InChI is InChI=1S/C24H18ClFN2O2/c1-14-3-11-19(12-4-14)28-23(29)21(16-6-9-18(26)10-7-16)22(24(28)30)27-20-13-17(25)8-5-15(20)2/h3-13,27H,1-2H3. The second kappa shape index (κ2) is 7.76. The molecular formula is C24H18ClFN2O2. The summed E-state index contributed by atoms with van der Waals surface area (Å²) in [5, 5.41) is 3.59. The van der Waals surface area contributed by atoms with E-state index in [1.165, 1.54) is 24.3 Å². The molecule has 0 aromatic heterocycles. The number of carbonyl (C=O) groups is 2. The van der Waals surface area contributed by atoms with E-state index < -0.39 is 17.6 Å². The molecule has 0 atom stereocenters. The largest absolute Gasteiger partial charge is 0.350 e. The van der Waals surface area contributed by atoms with Crippen LogP contribution in [0.2, 0.25) is 5.02 Å². The molecule has 0 saturated carbocycles. The molecule has 3 aromatic carbocycles. The Kier molecular flexibility index (Phi) is 5.14. The second-order valence-corrected chi connectivity index (χ2v) is 7.56. The van der Waals surface area contributed by atoms with E-state index in [0.717, 1.165) is 16.0 Å². The van der Waals surface area contributed by atoms with Crippen LogP contribution in [0.1, 0.15) is 16.7 Å². The van der Waals surface area contributed by atoms with Crippen LogP contribution in [0.3, 0.4) is 0 Å². The monoisotopic (exact) mass is 420 g/mol. The fraction of sp³-hybridized carbons (Fsp3) is 0.0833. The molecule has 0 spiro atoms. The molecule has 4 rings (SSSR count). The van der Waals surface area contributed by atoms with Crippen molar-refractivity contribution >= 4 is 40.4 Å². The predicted octanol–water partition coefficient (Wildman–Crippen LogP) is 5.49. The van der Waals surface area contributed by atoms with Crippen molar-refractivity contribution in [2.24, 2.45) is 0 Å². The summed E-state index contributed by atoms with van der Waals surface area (Å²) in [4.78, 5) is 27.8. The van der Waals surface area contributed by atoms with Crippen LogP contribution in [0.4, 0.5) is 15.8 Å². The average Bonchev–Trinajstić information content (AvgIpc) is 2.96. The average molecular weight is 421 g/mol. The Labute approximate surface area is 178 Å². The molecule has 1 aliphatic heterocycles. The number of rotatable bonds is 4. The van der Waals surface area contributed by atoms with Gasteiger partial charge in [-0.25, -0.2) is 9.29 Å². The van der Waals surface area contributed by atoms with Gasteiger partial charge in [-0.05, 0) is 61.4 Å². The molecule has 0 fully saturated rings. The molecule has 2 amide bonds. The minimum atomic E-state index is -0.484. The maximum absolute atomic E-state index is 13.5. The molecule has 1 heterocycles. The van der Waals surface area contributed by atoms with Crippen LogP contribution in [0.5, 0.6) is 0 Å². The molecular weight excluding hydrogens is 403 g/mol. The van der Waals surface area contributed by atoms with Gasteiger partial charge in [0.05, 0.1) is 11.3 Å². The molecule has 4 nitrogen and oxygen atoms in total. The van der Waals surface area contributed by atoms with Crippen LogP contribution in [0.15, 0.2) is 72.4 Å². The van der Waals surface area contributed by atoms with E-state index in [9.17, 15) is 14.0 Å². The summed E-state index contributed by atoms with van der Waals surface area (Å²) in [5.74, 6) is -1.38. The smallest absolute Gasteiger partial charge is 0.282 e. The normalized spacial score (nSPS) is 13.9. The van der Waals surface area contributed by atoms with Crippen molar-refractivity contribution in [2.75, 3.05) is 10.2 Å². The number of aryl methyl sites for hydroxylation is 2. The van der Waals surface area contributed by atoms with Crippen LogP contribution in [0.25, 0.3) is 5.57 Å². The second-order valence-electron chi connectivity index (χ2n) is 7.12. The van der Waals surface area contributed by atoms with E-state index >= 15 is 0 Å². The quantitative estimate of drug-likeness (QED) is 0.567. The van der Waals surface area contributed by atoms with Crippen LogP contribution in [0, 0.1) is 19.7 Å². The molecule has 0 bridgehead atoms. The summed E-state index contributed by atoms with van der Waals surface area (Å²) < 4.78 is 13.5. The number of benzene rings is 3. The first-order chi connectivity index (χ1) is 14.3. The Morgan fingerprint density at radius 2 is 1.53 bits per heavy atom. The van der Waals surface area contributed by atoms with Crippen molar-refractivity contribution < 1.29 is 14.0 Å². The summed E-state index contributed by atoms with van der Waals surface area (Å²) in [6, 6.07) is 17.9. The zero-order chi connectivity index (χ0) is 21.4. The number of anilines is 2. The molecule has 3 aromatic rings. The van der Waals surface area contributed by atoms with Gasteiger partial charge in [0.2, 0.25) is 0 Å². The van der Waals surface area contributed by atoms with Gasteiger partial charge in [-0.2, -0.15) is 0 Å². The van der Waals surface area contributed by atoms with Crippen molar-refractivity contribution in [1.29, 1.82) is 0 Å².